The zero-order chi connectivity index (χ0) is 18.5. The zero-order valence-corrected chi connectivity index (χ0v) is 17.1. The predicted molar refractivity (Wildman–Crippen MR) is 112 cm³/mol. The van der Waals surface area contributed by atoms with E-state index >= 15 is 0 Å². The van der Waals surface area contributed by atoms with Crippen LogP contribution in [-0.4, -0.2) is 10.6 Å². The van der Waals surface area contributed by atoms with Crippen molar-refractivity contribution in [3.05, 3.63) is 57.5 Å². The van der Waals surface area contributed by atoms with Crippen LogP contribution < -0.4 is 10.1 Å². The lowest BCUT2D eigenvalue weighted by Gasteiger charge is -2.33. The van der Waals surface area contributed by atoms with E-state index in [1.807, 2.05) is 13.0 Å². The molecule has 0 spiro atoms. The van der Waals surface area contributed by atoms with Gasteiger partial charge in [0.2, 0.25) is 0 Å². The Kier molecular flexibility index (Phi) is 4.16. The highest BCUT2D eigenvalue weighted by Gasteiger charge is 2.34. The van der Waals surface area contributed by atoms with Crippen LogP contribution in [0, 0.1) is 11.6 Å². The Bertz CT molecular complexity index is 1030. The third-order valence-corrected chi connectivity index (χ3v) is 6.64. The third kappa shape index (κ3) is 2.75. The van der Waals surface area contributed by atoms with E-state index in [2.05, 4.69) is 66.4 Å². The number of aryl methyl sites for hydroxylation is 1. The van der Waals surface area contributed by atoms with E-state index in [1.165, 1.54) is 10.4 Å². The number of fused-ring (bicyclic) bond motifs is 3. The Morgan fingerprint density at radius 2 is 1.88 bits per heavy atom. The van der Waals surface area contributed by atoms with Crippen LogP contribution in [-0.2, 0) is 5.54 Å². The van der Waals surface area contributed by atoms with Crippen molar-refractivity contribution >= 4 is 29.4 Å². The van der Waals surface area contributed by atoms with Crippen LogP contribution in [0.15, 0.2) is 42.5 Å². The van der Waals surface area contributed by atoms with E-state index in [0.717, 1.165) is 32.9 Å². The fraction of sp³-hybridized carbons (Fsp3) is 0.286. The van der Waals surface area contributed by atoms with Gasteiger partial charge in [0.25, 0.3) is 0 Å². The molecule has 0 fully saturated rings. The summed E-state index contributed by atoms with van der Waals surface area (Å²) in [5.41, 5.74) is 5.55. The van der Waals surface area contributed by atoms with E-state index in [-0.39, 0.29) is 5.54 Å². The minimum absolute atomic E-state index is 0.193. The molecule has 0 saturated carbocycles. The van der Waals surface area contributed by atoms with Crippen molar-refractivity contribution in [3.8, 4) is 22.6 Å². The van der Waals surface area contributed by atoms with Crippen molar-refractivity contribution in [2.75, 3.05) is 11.9 Å². The lowest BCUT2D eigenvalue weighted by atomic mass is 9.90. The van der Waals surface area contributed by atoms with Gasteiger partial charge in [0.05, 0.1) is 22.7 Å². The van der Waals surface area contributed by atoms with Crippen molar-refractivity contribution < 1.29 is 4.74 Å². The number of nitrogens with one attached hydrogen (secondary N) is 1. The molecular formula is C21H22N2OS2. The summed E-state index contributed by atoms with van der Waals surface area (Å²) in [5, 5.41) is 3.66. The van der Waals surface area contributed by atoms with Gasteiger partial charge in [-0.25, -0.2) is 0 Å². The number of hydrogen-bond donors (Lipinski definition) is 1. The third-order valence-electron chi connectivity index (χ3n) is 4.66. The van der Waals surface area contributed by atoms with Crippen LogP contribution in [0.25, 0.3) is 16.8 Å². The summed E-state index contributed by atoms with van der Waals surface area (Å²) < 4.78 is 8.71. The Labute approximate surface area is 163 Å². The van der Waals surface area contributed by atoms with Crippen LogP contribution in [0.4, 0.5) is 5.69 Å². The second kappa shape index (κ2) is 6.25. The minimum Gasteiger partial charge on any atom is -0.494 e. The molecule has 1 aromatic heterocycles. The predicted octanol–water partition coefficient (Wildman–Crippen LogP) is 6.30. The molecule has 134 valence electrons. The van der Waals surface area contributed by atoms with Gasteiger partial charge in [-0.3, -0.25) is 3.96 Å². The number of ether oxygens (including phenoxy) is 1. The highest BCUT2D eigenvalue weighted by Crippen LogP contribution is 2.48. The van der Waals surface area contributed by atoms with Crippen LogP contribution in [0.3, 0.4) is 0 Å². The first-order valence-electron chi connectivity index (χ1n) is 8.80. The van der Waals surface area contributed by atoms with E-state index in [4.69, 9.17) is 17.0 Å². The summed E-state index contributed by atoms with van der Waals surface area (Å²) in [6.45, 7) is 9.16. The van der Waals surface area contributed by atoms with Crippen molar-refractivity contribution in [2.24, 2.45) is 0 Å². The number of aromatic nitrogens is 1. The molecule has 0 saturated heterocycles. The van der Waals surface area contributed by atoms with Gasteiger partial charge in [-0.15, -0.1) is 0 Å². The van der Waals surface area contributed by atoms with E-state index in [9.17, 15) is 0 Å². The molecule has 0 bridgehead atoms. The molecule has 0 radical (unpaired) electrons. The van der Waals surface area contributed by atoms with Crippen molar-refractivity contribution in [1.82, 2.24) is 3.96 Å². The Morgan fingerprint density at radius 3 is 2.58 bits per heavy atom. The van der Waals surface area contributed by atoms with Crippen LogP contribution in [0.5, 0.6) is 5.75 Å². The number of benzene rings is 2. The molecule has 5 heteroatoms. The minimum atomic E-state index is -0.193. The first-order valence-corrected chi connectivity index (χ1v) is 9.98. The largest absolute Gasteiger partial charge is 0.494 e. The van der Waals surface area contributed by atoms with Gasteiger partial charge in [0, 0.05) is 22.9 Å². The molecule has 3 nitrogen and oxygen atoms in total. The standard InChI is InChI=1S/C21H22N2OS2/c1-5-24-15-10-11-16-17(12-15)22-21(3,4)19-18(16)20(25)23(26-19)14-8-6-13(2)7-9-14/h6-12,22H,5H2,1-4H3. The number of rotatable bonds is 3. The molecule has 1 aliphatic rings. The smallest absolute Gasteiger partial charge is 0.129 e. The van der Waals surface area contributed by atoms with Gasteiger partial charge in [-0.2, -0.15) is 0 Å². The molecule has 0 amide bonds. The first-order chi connectivity index (χ1) is 12.4. The van der Waals surface area contributed by atoms with Gasteiger partial charge in [0.15, 0.2) is 0 Å². The molecule has 2 aromatic carbocycles. The summed E-state index contributed by atoms with van der Waals surface area (Å²) in [4.78, 5) is 1.26. The molecule has 0 atom stereocenters. The number of hydrogen-bond acceptors (Lipinski definition) is 4. The maximum absolute atomic E-state index is 5.90. The summed E-state index contributed by atoms with van der Waals surface area (Å²) in [7, 11) is 0. The molecular weight excluding hydrogens is 360 g/mol. The van der Waals surface area contributed by atoms with Gasteiger partial charge < -0.3 is 10.1 Å². The maximum Gasteiger partial charge on any atom is 0.129 e. The van der Waals surface area contributed by atoms with Crippen LogP contribution in [0.1, 0.15) is 31.2 Å². The van der Waals surface area contributed by atoms with Gasteiger partial charge in [-0.1, -0.05) is 41.4 Å². The molecule has 1 N–H and O–H groups in total. The molecule has 1 aliphatic heterocycles. The second-order valence-corrected chi connectivity index (χ2v) is 8.46. The Morgan fingerprint density at radius 1 is 1.15 bits per heavy atom. The van der Waals surface area contributed by atoms with Crippen molar-refractivity contribution in [3.63, 3.8) is 0 Å². The summed E-state index contributed by atoms with van der Waals surface area (Å²) >= 11 is 7.63. The zero-order valence-electron chi connectivity index (χ0n) is 15.4. The topological polar surface area (TPSA) is 26.2 Å². The fourth-order valence-corrected chi connectivity index (χ4v) is 5.04. The summed E-state index contributed by atoms with van der Waals surface area (Å²) in [6.07, 6.45) is 0. The van der Waals surface area contributed by atoms with Gasteiger partial charge in [-0.05, 0) is 52.0 Å². The molecule has 26 heavy (non-hydrogen) atoms. The van der Waals surface area contributed by atoms with Crippen LogP contribution >= 0.6 is 23.8 Å². The SMILES string of the molecule is CCOc1ccc2c(c1)NC(C)(C)c1sn(-c3ccc(C)cc3)c(=S)c1-2. The summed E-state index contributed by atoms with van der Waals surface area (Å²) in [5.74, 6) is 0.880. The highest BCUT2D eigenvalue weighted by atomic mass is 32.1. The average molecular weight is 383 g/mol. The number of anilines is 1. The molecule has 2 heterocycles. The van der Waals surface area contributed by atoms with E-state index < -0.39 is 0 Å². The molecule has 4 rings (SSSR count). The molecule has 0 aliphatic carbocycles. The van der Waals surface area contributed by atoms with Gasteiger partial charge in [0.1, 0.15) is 10.4 Å². The Hall–Kier alpha value is -2.11. The fourth-order valence-electron chi connectivity index (χ4n) is 3.39. The van der Waals surface area contributed by atoms with Crippen molar-refractivity contribution in [1.29, 1.82) is 0 Å². The normalized spacial score (nSPS) is 14.3. The average Bonchev–Trinajstić information content (AvgIpc) is 2.94. The van der Waals surface area contributed by atoms with Crippen molar-refractivity contribution in [2.45, 2.75) is 33.2 Å². The second-order valence-electron chi connectivity index (χ2n) is 7.12. The highest BCUT2D eigenvalue weighted by molar-refractivity contribution is 7.71. The Balaban J connectivity index is 1.92. The van der Waals surface area contributed by atoms with Crippen LogP contribution in [0.2, 0.25) is 0 Å². The lowest BCUT2D eigenvalue weighted by Crippen LogP contribution is -2.30. The molecule has 0 unspecified atom stereocenters. The monoisotopic (exact) mass is 382 g/mol. The molecule has 3 aromatic rings. The lowest BCUT2D eigenvalue weighted by molar-refractivity contribution is 0.340. The first kappa shape index (κ1) is 17.3. The number of nitrogens with zero attached hydrogens (tertiary/aromatic N) is 1. The quantitative estimate of drug-likeness (QED) is 0.538. The van der Waals surface area contributed by atoms with Gasteiger partial charge >= 0.3 is 0 Å². The summed E-state index contributed by atoms with van der Waals surface area (Å²) in [6, 6.07) is 14.7. The maximum atomic E-state index is 5.90. The van der Waals surface area contributed by atoms with E-state index in [1.54, 1.807) is 11.5 Å². The van der Waals surface area contributed by atoms with E-state index in [0.29, 0.717) is 6.61 Å².